The predicted molar refractivity (Wildman–Crippen MR) is 70.8 cm³/mol. The number of amides is 1. The summed E-state index contributed by atoms with van der Waals surface area (Å²) in [5.74, 6) is 2.46. The number of phenols is 1. The maximum atomic E-state index is 11.7. The Hall–Kier alpha value is -1.99. The number of rotatable bonds is 5. The SMILES string of the molecule is C#CCC(C)NC(=O)C(N)Cc1ccc(O)cc1. The molecule has 1 aromatic carbocycles. The van der Waals surface area contributed by atoms with Crippen LogP contribution in [0.15, 0.2) is 24.3 Å². The van der Waals surface area contributed by atoms with Crippen LogP contribution in [0, 0.1) is 12.3 Å². The number of carbonyl (C=O) groups is 1. The topological polar surface area (TPSA) is 75.4 Å². The molecule has 0 saturated heterocycles. The molecule has 0 aliphatic heterocycles. The van der Waals surface area contributed by atoms with Crippen molar-refractivity contribution in [3.63, 3.8) is 0 Å². The van der Waals surface area contributed by atoms with Gasteiger partial charge in [-0.25, -0.2) is 0 Å². The van der Waals surface area contributed by atoms with Crippen LogP contribution in [-0.4, -0.2) is 23.1 Å². The maximum absolute atomic E-state index is 11.7. The second kappa shape index (κ2) is 6.67. The van der Waals surface area contributed by atoms with Gasteiger partial charge in [0.1, 0.15) is 5.75 Å². The molecule has 0 aliphatic rings. The highest BCUT2D eigenvalue weighted by Gasteiger charge is 2.15. The highest BCUT2D eigenvalue weighted by Crippen LogP contribution is 2.10. The van der Waals surface area contributed by atoms with E-state index in [1.165, 1.54) is 0 Å². The number of nitrogens with two attached hydrogens (primary N) is 1. The summed E-state index contributed by atoms with van der Waals surface area (Å²) in [6.07, 6.45) is 6.07. The molecule has 18 heavy (non-hydrogen) atoms. The third-order valence-corrected chi connectivity index (χ3v) is 2.54. The summed E-state index contributed by atoms with van der Waals surface area (Å²) in [6.45, 7) is 1.84. The van der Waals surface area contributed by atoms with E-state index in [1.54, 1.807) is 24.3 Å². The summed E-state index contributed by atoms with van der Waals surface area (Å²) in [4.78, 5) is 11.7. The van der Waals surface area contributed by atoms with E-state index >= 15 is 0 Å². The molecular formula is C14H18N2O2. The van der Waals surface area contributed by atoms with Gasteiger partial charge in [0.05, 0.1) is 6.04 Å². The van der Waals surface area contributed by atoms with E-state index in [2.05, 4.69) is 11.2 Å². The third kappa shape index (κ3) is 4.48. The van der Waals surface area contributed by atoms with E-state index in [-0.39, 0.29) is 17.7 Å². The molecule has 0 saturated carbocycles. The molecule has 1 rings (SSSR count). The van der Waals surface area contributed by atoms with E-state index in [4.69, 9.17) is 17.3 Å². The number of terminal acetylenes is 1. The molecule has 4 N–H and O–H groups in total. The van der Waals surface area contributed by atoms with Crippen molar-refractivity contribution >= 4 is 5.91 Å². The fraction of sp³-hybridized carbons (Fsp3) is 0.357. The quantitative estimate of drug-likeness (QED) is 0.672. The van der Waals surface area contributed by atoms with Crippen molar-refractivity contribution in [3.05, 3.63) is 29.8 Å². The molecule has 0 radical (unpaired) electrons. The molecular weight excluding hydrogens is 228 g/mol. The number of aromatic hydroxyl groups is 1. The van der Waals surface area contributed by atoms with Crippen molar-refractivity contribution in [2.45, 2.75) is 31.8 Å². The minimum Gasteiger partial charge on any atom is -0.508 e. The minimum absolute atomic E-state index is 0.0756. The summed E-state index contributed by atoms with van der Waals surface area (Å²) in [6, 6.07) is 5.94. The molecule has 0 fully saturated rings. The number of hydrogen-bond donors (Lipinski definition) is 3. The van der Waals surface area contributed by atoms with E-state index in [9.17, 15) is 4.79 Å². The standard InChI is InChI=1S/C14H18N2O2/c1-3-4-10(2)16-14(18)13(15)9-11-5-7-12(17)8-6-11/h1,5-8,10,13,17H,4,9,15H2,2H3,(H,16,18). The summed E-state index contributed by atoms with van der Waals surface area (Å²) >= 11 is 0. The molecule has 0 heterocycles. The van der Waals surface area contributed by atoms with Crippen molar-refractivity contribution < 1.29 is 9.90 Å². The number of benzene rings is 1. The lowest BCUT2D eigenvalue weighted by molar-refractivity contribution is -0.122. The Morgan fingerprint density at radius 1 is 1.50 bits per heavy atom. The van der Waals surface area contributed by atoms with E-state index in [0.717, 1.165) is 5.56 Å². The van der Waals surface area contributed by atoms with E-state index in [0.29, 0.717) is 12.8 Å². The van der Waals surface area contributed by atoms with Gasteiger partial charge < -0.3 is 16.2 Å². The highest BCUT2D eigenvalue weighted by atomic mass is 16.3. The van der Waals surface area contributed by atoms with Crippen molar-refractivity contribution in [1.82, 2.24) is 5.32 Å². The van der Waals surface area contributed by atoms with Crippen LogP contribution in [0.4, 0.5) is 0 Å². The summed E-state index contributed by atoms with van der Waals surface area (Å²) < 4.78 is 0. The second-order valence-electron chi connectivity index (χ2n) is 4.29. The molecule has 0 aromatic heterocycles. The molecule has 0 aliphatic carbocycles. The largest absolute Gasteiger partial charge is 0.508 e. The van der Waals surface area contributed by atoms with Crippen molar-refractivity contribution in [1.29, 1.82) is 0 Å². The van der Waals surface area contributed by atoms with Gasteiger partial charge in [-0.15, -0.1) is 12.3 Å². The number of phenolic OH excluding ortho intramolecular Hbond substituents is 1. The molecule has 4 heteroatoms. The van der Waals surface area contributed by atoms with Gasteiger partial charge in [-0.1, -0.05) is 12.1 Å². The van der Waals surface area contributed by atoms with Gasteiger partial charge in [0.15, 0.2) is 0 Å². The first-order valence-corrected chi connectivity index (χ1v) is 5.80. The first-order chi connectivity index (χ1) is 8.52. The van der Waals surface area contributed by atoms with Crippen LogP contribution in [0.25, 0.3) is 0 Å². The average Bonchev–Trinajstić information content (AvgIpc) is 2.32. The molecule has 2 unspecified atom stereocenters. The van der Waals surface area contributed by atoms with E-state index < -0.39 is 6.04 Å². The van der Waals surface area contributed by atoms with Crippen molar-refractivity contribution in [2.24, 2.45) is 5.73 Å². The van der Waals surface area contributed by atoms with Crippen LogP contribution >= 0.6 is 0 Å². The molecule has 0 spiro atoms. The van der Waals surface area contributed by atoms with Crippen LogP contribution < -0.4 is 11.1 Å². The Morgan fingerprint density at radius 2 is 2.11 bits per heavy atom. The Balaban J connectivity index is 2.50. The fourth-order valence-corrected chi connectivity index (χ4v) is 1.56. The third-order valence-electron chi connectivity index (χ3n) is 2.54. The van der Waals surface area contributed by atoms with Gasteiger partial charge in [0.2, 0.25) is 5.91 Å². The Bertz CT molecular complexity index is 434. The van der Waals surface area contributed by atoms with E-state index in [1.807, 2.05) is 6.92 Å². The minimum atomic E-state index is -0.616. The Kier molecular flexibility index (Phi) is 5.22. The van der Waals surface area contributed by atoms with Gasteiger partial charge in [-0.05, 0) is 31.0 Å². The Morgan fingerprint density at radius 3 is 2.67 bits per heavy atom. The van der Waals surface area contributed by atoms with Crippen molar-refractivity contribution in [3.8, 4) is 18.1 Å². The Labute approximate surface area is 107 Å². The molecule has 1 aromatic rings. The van der Waals surface area contributed by atoms with Crippen molar-refractivity contribution in [2.75, 3.05) is 0 Å². The van der Waals surface area contributed by atoms with Gasteiger partial charge in [0, 0.05) is 12.5 Å². The van der Waals surface area contributed by atoms with Gasteiger partial charge in [-0.2, -0.15) is 0 Å². The number of nitrogens with one attached hydrogen (secondary N) is 1. The van der Waals surface area contributed by atoms with Crippen LogP contribution in [0.3, 0.4) is 0 Å². The summed E-state index contributed by atoms with van der Waals surface area (Å²) in [7, 11) is 0. The monoisotopic (exact) mass is 246 g/mol. The maximum Gasteiger partial charge on any atom is 0.237 e. The highest BCUT2D eigenvalue weighted by molar-refractivity contribution is 5.82. The second-order valence-corrected chi connectivity index (χ2v) is 4.29. The lowest BCUT2D eigenvalue weighted by atomic mass is 10.1. The molecule has 96 valence electrons. The first-order valence-electron chi connectivity index (χ1n) is 5.80. The van der Waals surface area contributed by atoms with Crippen LogP contribution in [0.1, 0.15) is 18.9 Å². The zero-order chi connectivity index (χ0) is 13.5. The zero-order valence-electron chi connectivity index (χ0n) is 10.4. The first kappa shape index (κ1) is 14.1. The summed E-state index contributed by atoms with van der Waals surface area (Å²) in [5.41, 5.74) is 6.71. The number of carbonyl (C=O) groups excluding carboxylic acids is 1. The normalized spacial score (nSPS) is 13.4. The van der Waals surface area contributed by atoms with Gasteiger partial charge >= 0.3 is 0 Å². The number of hydrogen-bond acceptors (Lipinski definition) is 3. The predicted octanol–water partition coefficient (Wildman–Crippen LogP) is 0.790. The van der Waals surface area contributed by atoms with Gasteiger partial charge in [-0.3, -0.25) is 4.79 Å². The van der Waals surface area contributed by atoms with Gasteiger partial charge in [0.25, 0.3) is 0 Å². The lowest BCUT2D eigenvalue weighted by Crippen LogP contribution is -2.45. The smallest absolute Gasteiger partial charge is 0.237 e. The van der Waals surface area contributed by atoms with Crippen LogP contribution in [-0.2, 0) is 11.2 Å². The van der Waals surface area contributed by atoms with Crippen LogP contribution in [0.2, 0.25) is 0 Å². The molecule has 1 amide bonds. The molecule has 0 bridgehead atoms. The fourth-order valence-electron chi connectivity index (χ4n) is 1.56. The lowest BCUT2D eigenvalue weighted by Gasteiger charge is -2.16. The van der Waals surface area contributed by atoms with Crippen LogP contribution in [0.5, 0.6) is 5.75 Å². The summed E-state index contributed by atoms with van der Waals surface area (Å²) in [5, 5.41) is 11.9. The zero-order valence-corrected chi connectivity index (χ0v) is 10.4. The molecule has 2 atom stereocenters. The average molecular weight is 246 g/mol. The molecule has 4 nitrogen and oxygen atoms in total.